The van der Waals surface area contributed by atoms with Gasteiger partial charge in [0.25, 0.3) is 5.91 Å². The molecule has 0 radical (unpaired) electrons. The Kier molecular flexibility index (Phi) is 5.06. The third-order valence-corrected chi connectivity index (χ3v) is 6.05. The lowest BCUT2D eigenvalue weighted by Gasteiger charge is -2.27. The Morgan fingerprint density at radius 1 is 1.10 bits per heavy atom. The predicted molar refractivity (Wildman–Crippen MR) is 121 cm³/mol. The molecule has 158 valence electrons. The Morgan fingerprint density at radius 2 is 1.94 bits per heavy atom. The highest BCUT2D eigenvalue weighted by atomic mass is 35.5. The van der Waals surface area contributed by atoms with E-state index in [1.54, 1.807) is 17.3 Å². The van der Waals surface area contributed by atoms with Crippen molar-refractivity contribution in [1.82, 2.24) is 19.9 Å². The van der Waals surface area contributed by atoms with Gasteiger partial charge in [-0.1, -0.05) is 17.7 Å². The maximum Gasteiger partial charge on any atom is 0.262 e. The van der Waals surface area contributed by atoms with Gasteiger partial charge in [0.05, 0.1) is 22.0 Å². The summed E-state index contributed by atoms with van der Waals surface area (Å²) in [6.45, 7) is 5.39. The van der Waals surface area contributed by atoms with Gasteiger partial charge in [0.15, 0.2) is 0 Å². The molecule has 31 heavy (non-hydrogen) atoms. The highest BCUT2D eigenvalue weighted by Crippen LogP contribution is 2.33. The summed E-state index contributed by atoms with van der Waals surface area (Å²) in [7, 11) is 0. The van der Waals surface area contributed by atoms with Gasteiger partial charge in [-0.25, -0.2) is 15.0 Å². The number of carbonyl (C=O) groups is 1. The van der Waals surface area contributed by atoms with Crippen LogP contribution in [0.1, 0.15) is 40.0 Å². The van der Waals surface area contributed by atoms with Gasteiger partial charge in [0.2, 0.25) is 5.95 Å². The topological polar surface area (TPSA) is 83.9 Å². The molecule has 1 aliphatic carbocycles. The molecule has 7 nitrogen and oxygen atoms in total. The van der Waals surface area contributed by atoms with Crippen molar-refractivity contribution >= 4 is 29.3 Å². The second kappa shape index (κ2) is 7.89. The minimum Gasteiger partial charge on any atom is -0.354 e. The molecule has 1 saturated carbocycles. The quantitative estimate of drug-likeness (QED) is 0.647. The van der Waals surface area contributed by atoms with Gasteiger partial charge in [-0.05, 0) is 49.8 Å². The minimum absolute atomic E-state index is 0.149. The molecule has 2 aliphatic rings. The molecule has 1 amide bonds. The summed E-state index contributed by atoms with van der Waals surface area (Å²) in [5, 5.41) is 3.78. The number of anilines is 2. The zero-order valence-electron chi connectivity index (χ0n) is 17.5. The number of amides is 1. The third-order valence-electron chi connectivity index (χ3n) is 5.75. The fourth-order valence-electron chi connectivity index (χ4n) is 3.87. The highest BCUT2D eigenvalue weighted by molar-refractivity contribution is 6.33. The fourth-order valence-corrected chi connectivity index (χ4v) is 4.06. The van der Waals surface area contributed by atoms with Gasteiger partial charge < -0.3 is 5.32 Å². The van der Waals surface area contributed by atoms with Gasteiger partial charge in [-0.3, -0.25) is 14.7 Å². The van der Waals surface area contributed by atoms with Crippen LogP contribution in [0.25, 0.3) is 11.3 Å². The first-order valence-electron chi connectivity index (χ1n) is 10.5. The van der Waals surface area contributed by atoms with Crippen molar-refractivity contribution in [3.05, 3.63) is 58.1 Å². The van der Waals surface area contributed by atoms with Crippen molar-refractivity contribution in [2.24, 2.45) is 5.92 Å². The molecule has 0 spiro atoms. The first-order valence-corrected chi connectivity index (χ1v) is 10.9. The molecule has 0 atom stereocenters. The molecule has 1 aliphatic heterocycles. The van der Waals surface area contributed by atoms with E-state index < -0.39 is 0 Å². The van der Waals surface area contributed by atoms with E-state index in [0.717, 1.165) is 40.5 Å². The lowest BCUT2D eigenvalue weighted by molar-refractivity contribution is 0.0978. The summed E-state index contributed by atoms with van der Waals surface area (Å²) in [5.41, 5.74) is 4.96. The third kappa shape index (κ3) is 3.97. The SMILES string of the molecule is Cc1cnc(-c2cc(N3CCc4nc(NCC5CC5)ncc4C3=O)ncc2Cl)c(C)c1. The van der Waals surface area contributed by atoms with Crippen molar-refractivity contribution in [3.8, 4) is 11.3 Å². The molecule has 3 aromatic heterocycles. The normalized spacial score (nSPS) is 15.7. The zero-order chi connectivity index (χ0) is 21.5. The molecule has 0 unspecified atom stereocenters. The molecule has 8 heteroatoms. The number of aromatic nitrogens is 4. The van der Waals surface area contributed by atoms with Crippen LogP contribution in [0, 0.1) is 19.8 Å². The van der Waals surface area contributed by atoms with E-state index in [1.165, 1.54) is 12.8 Å². The average Bonchev–Trinajstić information content (AvgIpc) is 3.58. The summed E-state index contributed by atoms with van der Waals surface area (Å²) in [5.74, 6) is 1.73. The minimum atomic E-state index is -0.149. The zero-order valence-corrected chi connectivity index (χ0v) is 18.3. The molecule has 3 aromatic rings. The molecule has 1 N–H and O–H groups in total. The van der Waals surface area contributed by atoms with Gasteiger partial charge >= 0.3 is 0 Å². The number of halogens is 1. The monoisotopic (exact) mass is 434 g/mol. The van der Waals surface area contributed by atoms with E-state index in [9.17, 15) is 4.79 Å². The van der Waals surface area contributed by atoms with E-state index in [0.29, 0.717) is 35.3 Å². The number of rotatable bonds is 5. The smallest absolute Gasteiger partial charge is 0.262 e. The molecule has 0 saturated heterocycles. The molecular weight excluding hydrogens is 412 g/mol. The predicted octanol–water partition coefficient (Wildman–Crippen LogP) is 4.23. The van der Waals surface area contributed by atoms with Crippen molar-refractivity contribution in [1.29, 1.82) is 0 Å². The second-order valence-corrected chi connectivity index (χ2v) is 8.69. The summed E-state index contributed by atoms with van der Waals surface area (Å²) < 4.78 is 0. The summed E-state index contributed by atoms with van der Waals surface area (Å²) >= 11 is 6.44. The Hall–Kier alpha value is -3.06. The molecule has 5 rings (SSSR count). The summed E-state index contributed by atoms with van der Waals surface area (Å²) in [4.78, 5) is 32.7. The fraction of sp³-hybridized carbons (Fsp3) is 0.348. The van der Waals surface area contributed by atoms with Crippen LogP contribution in [0.3, 0.4) is 0 Å². The van der Waals surface area contributed by atoms with Crippen LogP contribution < -0.4 is 10.2 Å². The largest absolute Gasteiger partial charge is 0.354 e. The van der Waals surface area contributed by atoms with Crippen molar-refractivity contribution in [3.63, 3.8) is 0 Å². The van der Waals surface area contributed by atoms with Crippen LogP contribution in [0.2, 0.25) is 5.02 Å². The number of carbonyl (C=O) groups excluding carboxylic acids is 1. The summed E-state index contributed by atoms with van der Waals surface area (Å²) in [6, 6.07) is 3.90. The number of nitrogens with one attached hydrogen (secondary N) is 1. The van der Waals surface area contributed by atoms with Gasteiger partial charge in [0, 0.05) is 43.7 Å². The molecule has 0 bridgehead atoms. The number of hydrogen-bond acceptors (Lipinski definition) is 6. The molecule has 1 fully saturated rings. The number of nitrogens with zero attached hydrogens (tertiary/aromatic N) is 5. The first-order chi connectivity index (χ1) is 15.0. The van der Waals surface area contributed by atoms with E-state index in [4.69, 9.17) is 11.6 Å². The Labute approximate surface area is 185 Å². The van der Waals surface area contributed by atoms with Crippen LogP contribution in [0.4, 0.5) is 11.8 Å². The second-order valence-electron chi connectivity index (χ2n) is 8.29. The Balaban J connectivity index is 1.43. The number of hydrogen-bond donors (Lipinski definition) is 1. The Morgan fingerprint density at radius 3 is 2.71 bits per heavy atom. The molecule has 4 heterocycles. The lowest BCUT2D eigenvalue weighted by atomic mass is 10.0. The van der Waals surface area contributed by atoms with E-state index in [1.807, 2.05) is 26.1 Å². The number of pyridine rings is 2. The van der Waals surface area contributed by atoms with E-state index in [-0.39, 0.29) is 5.91 Å². The van der Waals surface area contributed by atoms with Crippen molar-refractivity contribution in [2.45, 2.75) is 33.1 Å². The number of fused-ring (bicyclic) bond motifs is 1. The molecular formula is C23H23ClN6O. The summed E-state index contributed by atoms with van der Waals surface area (Å²) in [6.07, 6.45) is 8.18. The van der Waals surface area contributed by atoms with Gasteiger partial charge in [-0.15, -0.1) is 0 Å². The van der Waals surface area contributed by atoms with Crippen molar-refractivity contribution in [2.75, 3.05) is 23.3 Å². The van der Waals surface area contributed by atoms with E-state index >= 15 is 0 Å². The van der Waals surface area contributed by atoms with Crippen LogP contribution in [0.15, 0.2) is 30.7 Å². The Bertz CT molecular complexity index is 1180. The van der Waals surface area contributed by atoms with Gasteiger partial charge in [0.1, 0.15) is 5.82 Å². The first kappa shape index (κ1) is 19.9. The van der Waals surface area contributed by atoms with Crippen LogP contribution in [-0.4, -0.2) is 38.9 Å². The molecule has 0 aromatic carbocycles. The number of aryl methyl sites for hydroxylation is 2. The maximum absolute atomic E-state index is 13.2. The standard InChI is InChI=1S/C23H23ClN6O/c1-13-7-14(2)21(26-9-13)16-8-20(25-12-18(16)24)30-6-5-19-17(22(30)31)11-28-23(29-19)27-10-15-3-4-15/h7-9,11-12,15H,3-6,10H2,1-2H3,(H,27,28,29). The van der Waals surface area contributed by atoms with Crippen LogP contribution in [0.5, 0.6) is 0 Å². The average molecular weight is 435 g/mol. The highest BCUT2D eigenvalue weighted by Gasteiger charge is 2.29. The lowest BCUT2D eigenvalue weighted by Crippen LogP contribution is -2.39. The van der Waals surface area contributed by atoms with Crippen LogP contribution in [-0.2, 0) is 6.42 Å². The van der Waals surface area contributed by atoms with Gasteiger partial charge in [-0.2, -0.15) is 0 Å². The van der Waals surface area contributed by atoms with Crippen LogP contribution >= 0.6 is 11.6 Å². The maximum atomic E-state index is 13.2. The van der Waals surface area contributed by atoms with Crippen molar-refractivity contribution < 1.29 is 4.79 Å². The van der Waals surface area contributed by atoms with E-state index in [2.05, 4.69) is 31.3 Å².